The lowest BCUT2D eigenvalue weighted by Gasteiger charge is -2.13. The highest BCUT2D eigenvalue weighted by molar-refractivity contribution is 6.10. The van der Waals surface area contributed by atoms with Gasteiger partial charge in [-0.1, -0.05) is 30.3 Å². The van der Waals surface area contributed by atoms with Crippen LogP contribution in [0.5, 0.6) is 0 Å². The number of alkyl halides is 3. The molecule has 0 aliphatic carbocycles. The first-order valence-electron chi connectivity index (χ1n) is 9.11. The number of nitrogens with one attached hydrogen (secondary N) is 1. The molecule has 3 rings (SSSR count). The van der Waals surface area contributed by atoms with Crippen LogP contribution in [0.15, 0.2) is 66.7 Å². The van der Waals surface area contributed by atoms with Crippen LogP contribution in [-0.4, -0.2) is 11.7 Å². The summed E-state index contributed by atoms with van der Waals surface area (Å²) in [6.45, 7) is 1.79. The maximum Gasteiger partial charge on any atom is 0.416 e. The van der Waals surface area contributed by atoms with E-state index in [0.717, 1.165) is 23.8 Å². The SMILES string of the molecule is Cc1ccccc1C(=O)Nc1ccccc1C(=O)Cc1cc(C(F)(F)F)ccc1N. The summed E-state index contributed by atoms with van der Waals surface area (Å²) in [5.74, 6) is -0.839. The third kappa shape index (κ3) is 4.68. The number of nitrogens with two attached hydrogens (primary N) is 1. The predicted octanol–water partition coefficient (Wildman–Crippen LogP) is 5.27. The van der Waals surface area contributed by atoms with Crippen molar-refractivity contribution < 1.29 is 22.8 Å². The molecule has 0 aliphatic rings. The molecule has 30 heavy (non-hydrogen) atoms. The molecule has 0 bridgehead atoms. The number of hydrogen-bond donors (Lipinski definition) is 2. The van der Waals surface area contributed by atoms with Crippen LogP contribution in [0.1, 0.15) is 37.4 Å². The van der Waals surface area contributed by atoms with E-state index in [1.165, 1.54) is 6.07 Å². The number of rotatable bonds is 5. The molecule has 0 saturated heterocycles. The van der Waals surface area contributed by atoms with Crippen molar-refractivity contribution in [3.8, 4) is 0 Å². The number of nitrogen functional groups attached to an aromatic ring is 1. The fourth-order valence-electron chi connectivity index (χ4n) is 3.06. The van der Waals surface area contributed by atoms with Gasteiger partial charge in [-0.15, -0.1) is 0 Å². The first-order chi connectivity index (χ1) is 14.2. The zero-order chi connectivity index (χ0) is 21.9. The van der Waals surface area contributed by atoms with Crippen LogP contribution in [-0.2, 0) is 12.6 Å². The number of anilines is 2. The van der Waals surface area contributed by atoms with Crippen molar-refractivity contribution in [2.45, 2.75) is 19.5 Å². The first-order valence-corrected chi connectivity index (χ1v) is 9.11. The Morgan fingerprint density at radius 1 is 0.933 bits per heavy atom. The lowest BCUT2D eigenvalue weighted by atomic mass is 9.98. The Hall–Kier alpha value is -3.61. The zero-order valence-electron chi connectivity index (χ0n) is 16.1. The van der Waals surface area contributed by atoms with Crippen molar-refractivity contribution in [2.24, 2.45) is 0 Å². The summed E-state index contributed by atoms with van der Waals surface area (Å²) in [5, 5.41) is 2.71. The van der Waals surface area contributed by atoms with Crippen LogP contribution < -0.4 is 11.1 Å². The molecule has 4 nitrogen and oxygen atoms in total. The molecular weight excluding hydrogens is 393 g/mol. The second-order valence-corrected chi connectivity index (χ2v) is 6.83. The van der Waals surface area contributed by atoms with Crippen LogP contribution in [0.2, 0.25) is 0 Å². The number of ketones is 1. The number of amides is 1. The average Bonchev–Trinajstić information content (AvgIpc) is 2.69. The standard InChI is InChI=1S/C23H19F3N2O2/c1-14-6-2-3-7-17(14)22(30)28-20-9-5-4-8-18(20)21(29)13-15-12-16(23(24,25)26)10-11-19(15)27/h2-12H,13,27H2,1H3,(H,28,30). The molecule has 0 saturated carbocycles. The Labute approximate surface area is 171 Å². The summed E-state index contributed by atoms with van der Waals surface area (Å²) in [6.07, 6.45) is -4.86. The maximum absolute atomic E-state index is 13.0. The van der Waals surface area contributed by atoms with E-state index in [0.29, 0.717) is 5.56 Å². The minimum absolute atomic E-state index is 0.0786. The molecule has 0 heterocycles. The van der Waals surface area contributed by atoms with Crippen molar-refractivity contribution in [3.63, 3.8) is 0 Å². The van der Waals surface area contributed by atoms with Gasteiger partial charge in [-0.25, -0.2) is 0 Å². The highest BCUT2D eigenvalue weighted by Crippen LogP contribution is 2.32. The Bertz CT molecular complexity index is 1110. The van der Waals surface area contributed by atoms with E-state index in [9.17, 15) is 22.8 Å². The van der Waals surface area contributed by atoms with Crippen LogP contribution >= 0.6 is 0 Å². The molecule has 0 aliphatic heterocycles. The third-order valence-electron chi connectivity index (χ3n) is 4.69. The molecule has 0 spiro atoms. The van der Waals surface area contributed by atoms with Crippen molar-refractivity contribution in [1.29, 1.82) is 0 Å². The summed E-state index contributed by atoms with van der Waals surface area (Å²) in [7, 11) is 0. The van der Waals surface area contributed by atoms with Gasteiger partial charge in [-0.05, 0) is 54.4 Å². The van der Waals surface area contributed by atoms with Gasteiger partial charge in [0.15, 0.2) is 5.78 Å². The van der Waals surface area contributed by atoms with Gasteiger partial charge in [0.25, 0.3) is 5.91 Å². The van der Waals surface area contributed by atoms with E-state index in [2.05, 4.69) is 5.32 Å². The maximum atomic E-state index is 13.0. The fourth-order valence-corrected chi connectivity index (χ4v) is 3.06. The highest BCUT2D eigenvalue weighted by Gasteiger charge is 2.31. The number of carbonyl (C=O) groups is 2. The van der Waals surface area contributed by atoms with Crippen molar-refractivity contribution in [3.05, 3.63) is 94.5 Å². The van der Waals surface area contributed by atoms with Gasteiger partial charge in [0.1, 0.15) is 0 Å². The average molecular weight is 412 g/mol. The number of aryl methyl sites for hydroxylation is 1. The molecule has 0 atom stereocenters. The van der Waals surface area contributed by atoms with E-state index in [-0.39, 0.29) is 34.8 Å². The monoisotopic (exact) mass is 412 g/mol. The number of benzene rings is 3. The number of halogens is 3. The smallest absolute Gasteiger partial charge is 0.398 e. The molecule has 3 aromatic carbocycles. The van der Waals surface area contributed by atoms with E-state index in [4.69, 9.17) is 5.73 Å². The molecular formula is C23H19F3N2O2. The predicted molar refractivity (Wildman–Crippen MR) is 109 cm³/mol. The first kappa shape index (κ1) is 21.1. The molecule has 0 unspecified atom stereocenters. The molecule has 0 radical (unpaired) electrons. The minimum Gasteiger partial charge on any atom is -0.398 e. The minimum atomic E-state index is -4.54. The molecule has 0 fully saturated rings. The van der Waals surface area contributed by atoms with Crippen LogP contribution in [0.25, 0.3) is 0 Å². The lowest BCUT2D eigenvalue weighted by Crippen LogP contribution is -2.17. The summed E-state index contributed by atoms with van der Waals surface area (Å²) in [5.41, 5.74) is 6.78. The number of carbonyl (C=O) groups excluding carboxylic acids is 2. The van der Waals surface area contributed by atoms with E-state index in [1.807, 2.05) is 6.07 Å². The van der Waals surface area contributed by atoms with Gasteiger partial charge in [-0.2, -0.15) is 13.2 Å². The van der Waals surface area contributed by atoms with E-state index in [1.54, 1.807) is 43.3 Å². The van der Waals surface area contributed by atoms with Crippen molar-refractivity contribution >= 4 is 23.1 Å². The lowest BCUT2D eigenvalue weighted by molar-refractivity contribution is -0.137. The second kappa shape index (κ2) is 8.41. The van der Waals surface area contributed by atoms with Gasteiger partial charge < -0.3 is 11.1 Å². The summed E-state index contributed by atoms with van der Waals surface area (Å²) < 4.78 is 39.0. The number of hydrogen-bond acceptors (Lipinski definition) is 3. The Kier molecular flexibility index (Phi) is 5.91. The molecule has 3 N–H and O–H groups in total. The van der Waals surface area contributed by atoms with Crippen molar-refractivity contribution in [2.75, 3.05) is 11.1 Å². The Morgan fingerprint density at radius 3 is 2.23 bits per heavy atom. The van der Waals surface area contributed by atoms with Gasteiger partial charge >= 0.3 is 6.18 Å². The topological polar surface area (TPSA) is 72.2 Å². The zero-order valence-corrected chi connectivity index (χ0v) is 16.1. The molecule has 7 heteroatoms. The fraction of sp³-hybridized carbons (Fsp3) is 0.130. The normalized spacial score (nSPS) is 11.2. The van der Waals surface area contributed by atoms with E-state index >= 15 is 0 Å². The highest BCUT2D eigenvalue weighted by atomic mass is 19.4. The van der Waals surface area contributed by atoms with Crippen molar-refractivity contribution in [1.82, 2.24) is 0 Å². The number of Topliss-reactive ketones (excluding diaryl/α,β-unsaturated/α-hetero) is 1. The van der Waals surface area contributed by atoms with Gasteiger partial charge in [0, 0.05) is 23.2 Å². The third-order valence-corrected chi connectivity index (χ3v) is 4.69. The van der Waals surface area contributed by atoms with Gasteiger partial charge in [0.2, 0.25) is 0 Å². The Morgan fingerprint density at radius 2 is 1.57 bits per heavy atom. The quantitative estimate of drug-likeness (QED) is 0.443. The van der Waals surface area contributed by atoms with Crippen LogP contribution in [0, 0.1) is 6.92 Å². The van der Waals surface area contributed by atoms with Crippen LogP contribution in [0.4, 0.5) is 24.5 Å². The summed E-state index contributed by atoms with van der Waals surface area (Å²) in [6, 6.07) is 16.2. The second-order valence-electron chi connectivity index (χ2n) is 6.83. The van der Waals surface area contributed by atoms with Gasteiger partial charge in [0.05, 0.1) is 11.3 Å². The van der Waals surface area contributed by atoms with E-state index < -0.39 is 17.5 Å². The summed E-state index contributed by atoms with van der Waals surface area (Å²) in [4.78, 5) is 25.5. The van der Waals surface area contributed by atoms with Crippen LogP contribution in [0.3, 0.4) is 0 Å². The Balaban J connectivity index is 1.87. The summed E-state index contributed by atoms with van der Waals surface area (Å²) >= 11 is 0. The largest absolute Gasteiger partial charge is 0.416 e. The molecule has 3 aromatic rings. The molecule has 1 amide bonds. The van der Waals surface area contributed by atoms with Gasteiger partial charge in [-0.3, -0.25) is 9.59 Å². The molecule has 0 aromatic heterocycles. The number of para-hydroxylation sites is 1. The molecule has 154 valence electrons.